The summed E-state index contributed by atoms with van der Waals surface area (Å²) < 4.78 is 8.47. The summed E-state index contributed by atoms with van der Waals surface area (Å²) in [6, 6.07) is 9.24. The molecule has 0 saturated carbocycles. The molecule has 0 bridgehead atoms. The second-order valence-corrected chi connectivity index (χ2v) is 6.74. The lowest BCUT2D eigenvalue weighted by molar-refractivity contribution is 0.0925. The Hall–Kier alpha value is -3.79. The van der Waals surface area contributed by atoms with E-state index < -0.39 is 12.1 Å². The Kier molecular flexibility index (Phi) is 4.17. The van der Waals surface area contributed by atoms with Crippen LogP contribution < -0.4 is 10.9 Å². The van der Waals surface area contributed by atoms with Gasteiger partial charge in [0.05, 0.1) is 36.6 Å². The number of imidazole rings is 1. The van der Waals surface area contributed by atoms with Crippen molar-refractivity contribution < 1.29 is 9.53 Å². The average Bonchev–Trinajstić information content (AvgIpc) is 3.49. The summed E-state index contributed by atoms with van der Waals surface area (Å²) in [6.45, 7) is 0.572. The molecule has 1 saturated heterocycles. The molecule has 10 nitrogen and oxygen atoms in total. The smallest absolute Gasteiger partial charge is 0.267 e. The summed E-state index contributed by atoms with van der Waals surface area (Å²) in [4.78, 5) is 32.3. The van der Waals surface area contributed by atoms with Crippen LogP contribution in [0.3, 0.4) is 0 Å². The molecule has 29 heavy (non-hydrogen) atoms. The molecule has 4 aromatic rings. The molecule has 4 heterocycles. The van der Waals surface area contributed by atoms with E-state index in [4.69, 9.17) is 4.74 Å². The Labute approximate surface area is 164 Å². The highest BCUT2D eigenvalue weighted by Crippen LogP contribution is 2.19. The van der Waals surface area contributed by atoms with Crippen molar-refractivity contribution in [3.05, 3.63) is 71.0 Å². The monoisotopic (exact) mass is 391 g/mol. The molecular weight excluding hydrogens is 374 g/mol. The minimum atomic E-state index is -0.419. The molecule has 1 amide bonds. The van der Waals surface area contributed by atoms with Gasteiger partial charge in [-0.1, -0.05) is 0 Å². The fraction of sp³-hybridized carbons (Fsp3) is 0.211. The maximum Gasteiger partial charge on any atom is 0.267 e. The zero-order chi connectivity index (χ0) is 19.8. The van der Waals surface area contributed by atoms with Crippen LogP contribution in [-0.2, 0) is 4.74 Å². The SMILES string of the molecule is O=C(NC1COCC1n1nc(-n2cccn2)ccc1=O)c1ccc2nc[nH]c2c1. The van der Waals surface area contributed by atoms with E-state index in [0.717, 1.165) is 11.0 Å². The van der Waals surface area contributed by atoms with Gasteiger partial charge in [0.1, 0.15) is 6.04 Å². The van der Waals surface area contributed by atoms with Crippen LogP contribution >= 0.6 is 0 Å². The molecule has 2 N–H and O–H groups in total. The van der Waals surface area contributed by atoms with E-state index in [1.165, 1.54) is 10.7 Å². The third-order valence-corrected chi connectivity index (χ3v) is 4.91. The molecule has 5 rings (SSSR count). The fourth-order valence-electron chi connectivity index (χ4n) is 3.43. The Morgan fingerprint density at radius 1 is 1.24 bits per heavy atom. The minimum Gasteiger partial charge on any atom is -0.377 e. The first-order valence-corrected chi connectivity index (χ1v) is 9.11. The Morgan fingerprint density at radius 2 is 2.17 bits per heavy atom. The van der Waals surface area contributed by atoms with Gasteiger partial charge in [0.15, 0.2) is 5.82 Å². The summed E-state index contributed by atoms with van der Waals surface area (Å²) in [5.41, 5.74) is 1.80. The van der Waals surface area contributed by atoms with Crippen molar-refractivity contribution in [3.8, 4) is 5.82 Å². The number of fused-ring (bicyclic) bond motifs is 1. The number of benzene rings is 1. The van der Waals surface area contributed by atoms with E-state index in [9.17, 15) is 9.59 Å². The standard InChI is InChI=1S/C19H17N7O3/c27-18-5-4-17(25-7-1-6-22-25)24-26(18)16-10-29-9-15(16)23-19(28)12-2-3-13-14(8-12)21-11-20-13/h1-8,11,15-16H,9-10H2,(H,20,21)(H,23,28). The van der Waals surface area contributed by atoms with Crippen molar-refractivity contribution in [1.29, 1.82) is 0 Å². The highest BCUT2D eigenvalue weighted by molar-refractivity contribution is 5.97. The van der Waals surface area contributed by atoms with Crippen LogP contribution in [0, 0.1) is 0 Å². The lowest BCUT2D eigenvalue weighted by Crippen LogP contribution is -2.44. The number of H-pyrrole nitrogens is 1. The van der Waals surface area contributed by atoms with Gasteiger partial charge in [0.25, 0.3) is 11.5 Å². The normalized spacial score (nSPS) is 18.9. The predicted molar refractivity (Wildman–Crippen MR) is 103 cm³/mol. The summed E-state index contributed by atoms with van der Waals surface area (Å²) >= 11 is 0. The van der Waals surface area contributed by atoms with Crippen molar-refractivity contribution in [1.82, 2.24) is 34.8 Å². The number of ether oxygens (including phenoxy) is 1. The zero-order valence-electron chi connectivity index (χ0n) is 15.2. The van der Waals surface area contributed by atoms with E-state index in [2.05, 4.69) is 25.5 Å². The molecule has 1 aromatic carbocycles. The first kappa shape index (κ1) is 17.3. The molecule has 146 valence electrons. The van der Waals surface area contributed by atoms with Gasteiger partial charge >= 0.3 is 0 Å². The van der Waals surface area contributed by atoms with Crippen LogP contribution in [0.5, 0.6) is 0 Å². The number of nitrogens with zero attached hydrogens (tertiary/aromatic N) is 5. The maximum absolute atomic E-state index is 12.8. The van der Waals surface area contributed by atoms with E-state index in [1.807, 2.05) is 0 Å². The second-order valence-electron chi connectivity index (χ2n) is 6.74. The fourth-order valence-corrected chi connectivity index (χ4v) is 3.43. The molecule has 0 spiro atoms. The Morgan fingerprint density at radius 3 is 3.03 bits per heavy atom. The summed E-state index contributed by atoms with van der Waals surface area (Å²) in [5.74, 6) is 0.259. The molecule has 2 atom stereocenters. The van der Waals surface area contributed by atoms with Gasteiger partial charge in [-0.25, -0.2) is 14.3 Å². The van der Waals surface area contributed by atoms with Crippen LogP contribution in [-0.4, -0.2) is 54.7 Å². The van der Waals surface area contributed by atoms with Crippen molar-refractivity contribution in [3.63, 3.8) is 0 Å². The molecule has 0 aliphatic carbocycles. The Bertz CT molecular complexity index is 1230. The molecule has 3 aromatic heterocycles. The van der Waals surface area contributed by atoms with Gasteiger partial charge in [-0.05, 0) is 30.3 Å². The lowest BCUT2D eigenvalue weighted by atomic mass is 10.1. The molecule has 1 fully saturated rings. The van der Waals surface area contributed by atoms with Gasteiger partial charge in [-0.15, -0.1) is 5.10 Å². The van der Waals surface area contributed by atoms with Crippen LogP contribution in [0.15, 0.2) is 59.9 Å². The third-order valence-electron chi connectivity index (χ3n) is 4.91. The largest absolute Gasteiger partial charge is 0.377 e. The highest BCUT2D eigenvalue weighted by atomic mass is 16.5. The third kappa shape index (κ3) is 3.19. The van der Waals surface area contributed by atoms with Crippen LogP contribution in [0.25, 0.3) is 16.9 Å². The number of aromatic nitrogens is 6. The quantitative estimate of drug-likeness (QED) is 0.528. The molecular formula is C19H17N7O3. The molecule has 1 aliphatic heterocycles. The summed E-state index contributed by atoms with van der Waals surface area (Å²) in [7, 11) is 0. The van der Waals surface area contributed by atoms with E-state index in [-0.39, 0.29) is 18.1 Å². The van der Waals surface area contributed by atoms with E-state index in [1.54, 1.807) is 53.7 Å². The minimum absolute atomic E-state index is 0.252. The van der Waals surface area contributed by atoms with E-state index >= 15 is 0 Å². The highest BCUT2D eigenvalue weighted by Gasteiger charge is 2.33. The predicted octanol–water partition coefficient (Wildman–Crippen LogP) is 0.675. The van der Waals surface area contributed by atoms with Crippen molar-refractivity contribution >= 4 is 16.9 Å². The summed E-state index contributed by atoms with van der Waals surface area (Å²) in [5, 5.41) is 11.5. The number of rotatable bonds is 4. The van der Waals surface area contributed by atoms with Crippen molar-refractivity contribution in [2.75, 3.05) is 13.2 Å². The number of carbonyl (C=O) groups is 1. The Balaban J connectivity index is 1.41. The van der Waals surface area contributed by atoms with Crippen LogP contribution in [0.2, 0.25) is 0 Å². The molecule has 1 aliphatic rings. The first-order valence-electron chi connectivity index (χ1n) is 9.11. The second kappa shape index (κ2) is 6.99. The number of hydrogen-bond donors (Lipinski definition) is 2. The van der Waals surface area contributed by atoms with Gasteiger partial charge < -0.3 is 15.0 Å². The van der Waals surface area contributed by atoms with Gasteiger partial charge in [-0.2, -0.15) is 5.10 Å². The molecule has 10 heteroatoms. The van der Waals surface area contributed by atoms with Crippen LogP contribution in [0.1, 0.15) is 16.4 Å². The van der Waals surface area contributed by atoms with Gasteiger partial charge in [-0.3, -0.25) is 9.59 Å². The zero-order valence-corrected chi connectivity index (χ0v) is 15.2. The van der Waals surface area contributed by atoms with Gasteiger partial charge in [0.2, 0.25) is 0 Å². The first-order chi connectivity index (χ1) is 14.2. The number of nitrogens with one attached hydrogen (secondary N) is 2. The van der Waals surface area contributed by atoms with E-state index in [0.29, 0.717) is 18.0 Å². The molecule has 2 unspecified atom stereocenters. The molecule has 0 radical (unpaired) electrons. The number of aromatic amines is 1. The van der Waals surface area contributed by atoms with Crippen molar-refractivity contribution in [2.45, 2.75) is 12.1 Å². The van der Waals surface area contributed by atoms with Crippen molar-refractivity contribution in [2.24, 2.45) is 0 Å². The topological polar surface area (TPSA) is 120 Å². The van der Waals surface area contributed by atoms with Gasteiger partial charge in [0, 0.05) is 24.0 Å². The average molecular weight is 391 g/mol. The number of hydrogen-bond acceptors (Lipinski definition) is 6. The maximum atomic E-state index is 12.8. The lowest BCUT2D eigenvalue weighted by Gasteiger charge is -2.20. The number of carbonyl (C=O) groups excluding carboxylic acids is 1. The number of amides is 1. The summed E-state index contributed by atoms with van der Waals surface area (Å²) in [6.07, 6.45) is 4.96. The van der Waals surface area contributed by atoms with Crippen LogP contribution in [0.4, 0.5) is 0 Å².